The highest BCUT2D eigenvalue weighted by Crippen LogP contribution is 2.25. The molecule has 0 amide bonds. The van der Waals surface area contributed by atoms with Crippen LogP contribution in [0.3, 0.4) is 0 Å². The molecular weight excluding hydrogens is 372 g/mol. The molecule has 2 aromatic rings. The number of morpholine rings is 1. The summed E-state index contributed by atoms with van der Waals surface area (Å²) in [6.07, 6.45) is 0. The molecule has 0 spiro atoms. The number of hydrogen-bond acceptors (Lipinski definition) is 4. The van der Waals surface area contributed by atoms with Crippen LogP contribution in [0.4, 0.5) is 0 Å². The van der Waals surface area contributed by atoms with Crippen molar-refractivity contribution in [3.63, 3.8) is 0 Å². The highest BCUT2D eigenvalue weighted by atomic mass is 35.5. The van der Waals surface area contributed by atoms with E-state index >= 15 is 0 Å². The maximum absolute atomic E-state index is 12.7. The number of aryl methyl sites for hydroxylation is 1. The topological polar surface area (TPSA) is 58.6 Å². The molecule has 0 bridgehead atoms. The van der Waals surface area contributed by atoms with E-state index in [0.29, 0.717) is 13.2 Å². The van der Waals surface area contributed by atoms with E-state index < -0.39 is 10.0 Å². The summed E-state index contributed by atoms with van der Waals surface area (Å²) in [6.45, 7) is 5.00. The summed E-state index contributed by atoms with van der Waals surface area (Å²) in [5, 5.41) is 0.236. The van der Waals surface area contributed by atoms with Crippen LogP contribution in [0, 0.1) is 6.92 Å². The molecule has 0 saturated carbocycles. The van der Waals surface area contributed by atoms with Crippen molar-refractivity contribution in [2.45, 2.75) is 17.9 Å². The Hall–Kier alpha value is -1.44. The summed E-state index contributed by atoms with van der Waals surface area (Å²) < 4.78 is 33.7. The largest absolute Gasteiger partial charge is 0.379 e. The van der Waals surface area contributed by atoms with Gasteiger partial charge in [-0.3, -0.25) is 4.90 Å². The standard InChI is InChI=1S/C19H23ClN2O3S/c1-15-7-8-19(17(20)13-15)26(23,24)21-14-18(16-5-3-2-4-6-16)22-9-11-25-12-10-22/h2-8,13,18,21H,9-12,14H2,1H3. The summed E-state index contributed by atoms with van der Waals surface area (Å²) in [7, 11) is -3.69. The lowest BCUT2D eigenvalue weighted by atomic mass is 10.1. The minimum Gasteiger partial charge on any atom is -0.379 e. The van der Waals surface area contributed by atoms with Gasteiger partial charge in [0.05, 0.1) is 18.2 Å². The number of halogens is 1. The molecule has 26 heavy (non-hydrogen) atoms. The van der Waals surface area contributed by atoms with Crippen molar-refractivity contribution in [1.82, 2.24) is 9.62 Å². The second-order valence-corrected chi connectivity index (χ2v) is 8.50. The number of hydrogen-bond donors (Lipinski definition) is 1. The van der Waals surface area contributed by atoms with Gasteiger partial charge in [0.25, 0.3) is 0 Å². The summed E-state index contributed by atoms with van der Waals surface area (Å²) in [5.41, 5.74) is 2.00. The molecule has 1 fully saturated rings. The molecule has 1 unspecified atom stereocenters. The number of benzene rings is 2. The van der Waals surface area contributed by atoms with Crippen molar-refractivity contribution in [3.8, 4) is 0 Å². The number of rotatable bonds is 6. The number of nitrogens with one attached hydrogen (secondary N) is 1. The Morgan fingerprint density at radius 1 is 1.15 bits per heavy atom. The first kappa shape index (κ1) is 19.3. The first-order chi connectivity index (χ1) is 12.5. The Kier molecular flexibility index (Phi) is 6.32. The van der Waals surface area contributed by atoms with Gasteiger partial charge < -0.3 is 4.74 Å². The van der Waals surface area contributed by atoms with Gasteiger partial charge in [-0.15, -0.1) is 0 Å². The highest BCUT2D eigenvalue weighted by Gasteiger charge is 2.25. The zero-order chi connectivity index (χ0) is 18.6. The predicted molar refractivity (Wildman–Crippen MR) is 103 cm³/mol. The van der Waals surface area contributed by atoms with Crippen molar-refractivity contribution in [2.24, 2.45) is 0 Å². The van der Waals surface area contributed by atoms with Crippen LogP contribution >= 0.6 is 11.6 Å². The maximum atomic E-state index is 12.7. The molecule has 0 radical (unpaired) electrons. The number of nitrogens with zero attached hydrogens (tertiary/aromatic N) is 1. The first-order valence-corrected chi connectivity index (χ1v) is 10.5. The Labute approximate surface area is 160 Å². The predicted octanol–water partition coefficient (Wildman–Crippen LogP) is 3.00. The van der Waals surface area contributed by atoms with Gasteiger partial charge in [0, 0.05) is 25.7 Å². The van der Waals surface area contributed by atoms with Gasteiger partial charge in [0.15, 0.2) is 0 Å². The minimum atomic E-state index is -3.69. The van der Waals surface area contributed by atoms with Crippen LogP contribution in [0.2, 0.25) is 5.02 Å². The van der Waals surface area contributed by atoms with Gasteiger partial charge in [-0.25, -0.2) is 13.1 Å². The average molecular weight is 395 g/mol. The molecule has 1 saturated heterocycles. The van der Waals surface area contributed by atoms with E-state index in [2.05, 4.69) is 9.62 Å². The lowest BCUT2D eigenvalue weighted by Gasteiger charge is -2.34. The van der Waals surface area contributed by atoms with E-state index in [-0.39, 0.29) is 22.5 Å². The zero-order valence-corrected chi connectivity index (χ0v) is 16.3. The van der Waals surface area contributed by atoms with Crippen LogP contribution in [0.25, 0.3) is 0 Å². The molecule has 0 aliphatic carbocycles. The van der Waals surface area contributed by atoms with Gasteiger partial charge in [0.1, 0.15) is 4.90 Å². The van der Waals surface area contributed by atoms with Crippen LogP contribution in [0.15, 0.2) is 53.4 Å². The lowest BCUT2D eigenvalue weighted by molar-refractivity contribution is 0.0172. The summed E-state index contributed by atoms with van der Waals surface area (Å²) in [5.74, 6) is 0. The van der Waals surface area contributed by atoms with E-state index in [1.54, 1.807) is 18.2 Å². The van der Waals surface area contributed by atoms with Crippen LogP contribution in [-0.4, -0.2) is 46.2 Å². The molecule has 1 aliphatic heterocycles. The van der Waals surface area contributed by atoms with Crippen molar-refractivity contribution in [1.29, 1.82) is 0 Å². The molecule has 1 N–H and O–H groups in total. The van der Waals surface area contributed by atoms with Gasteiger partial charge in [-0.05, 0) is 30.2 Å². The Morgan fingerprint density at radius 3 is 2.50 bits per heavy atom. The second-order valence-electron chi connectivity index (χ2n) is 6.36. The highest BCUT2D eigenvalue weighted by molar-refractivity contribution is 7.89. The molecule has 1 atom stereocenters. The van der Waals surface area contributed by atoms with Gasteiger partial charge >= 0.3 is 0 Å². The molecule has 140 valence electrons. The fourth-order valence-electron chi connectivity index (χ4n) is 3.11. The summed E-state index contributed by atoms with van der Waals surface area (Å²) in [6, 6.07) is 14.8. The summed E-state index contributed by atoms with van der Waals surface area (Å²) in [4.78, 5) is 2.36. The van der Waals surface area contributed by atoms with Gasteiger partial charge in [-0.1, -0.05) is 48.0 Å². The minimum absolute atomic E-state index is 0.0564. The van der Waals surface area contributed by atoms with Crippen LogP contribution in [0.1, 0.15) is 17.2 Å². The maximum Gasteiger partial charge on any atom is 0.242 e. The normalized spacial score (nSPS) is 17.2. The Morgan fingerprint density at radius 2 is 1.85 bits per heavy atom. The third-order valence-corrected chi connectivity index (χ3v) is 6.42. The third kappa shape index (κ3) is 4.64. The SMILES string of the molecule is Cc1ccc(S(=O)(=O)NCC(c2ccccc2)N2CCOCC2)c(Cl)c1. The van der Waals surface area contributed by atoms with Crippen LogP contribution < -0.4 is 4.72 Å². The molecule has 5 nitrogen and oxygen atoms in total. The second kappa shape index (κ2) is 8.50. The van der Waals surface area contributed by atoms with E-state index in [9.17, 15) is 8.42 Å². The quantitative estimate of drug-likeness (QED) is 0.818. The molecule has 1 heterocycles. The van der Waals surface area contributed by atoms with E-state index in [1.165, 1.54) is 0 Å². The Balaban J connectivity index is 1.80. The lowest BCUT2D eigenvalue weighted by Crippen LogP contribution is -2.43. The van der Waals surface area contributed by atoms with E-state index in [1.807, 2.05) is 37.3 Å². The number of sulfonamides is 1. The Bertz CT molecular complexity index is 837. The zero-order valence-electron chi connectivity index (χ0n) is 14.7. The van der Waals surface area contributed by atoms with Crippen molar-refractivity contribution in [2.75, 3.05) is 32.8 Å². The molecule has 0 aromatic heterocycles. The fraction of sp³-hybridized carbons (Fsp3) is 0.368. The van der Waals surface area contributed by atoms with E-state index in [4.69, 9.17) is 16.3 Å². The molecule has 2 aromatic carbocycles. The molecular formula is C19H23ClN2O3S. The molecule has 7 heteroatoms. The average Bonchev–Trinajstić information content (AvgIpc) is 2.63. The van der Waals surface area contributed by atoms with Crippen molar-refractivity contribution < 1.29 is 13.2 Å². The molecule has 3 rings (SSSR count). The van der Waals surface area contributed by atoms with Crippen LogP contribution in [-0.2, 0) is 14.8 Å². The van der Waals surface area contributed by atoms with Crippen molar-refractivity contribution in [3.05, 3.63) is 64.7 Å². The fourth-order valence-corrected chi connectivity index (χ4v) is 4.75. The number of ether oxygens (including phenoxy) is 1. The first-order valence-electron chi connectivity index (χ1n) is 8.60. The van der Waals surface area contributed by atoms with Crippen molar-refractivity contribution >= 4 is 21.6 Å². The van der Waals surface area contributed by atoms with Gasteiger partial charge in [-0.2, -0.15) is 0 Å². The monoisotopic (exact) mass is 394 g/mol. The van der Waals surface area contributed by atoms with Gasteiger partial charge in [0.2, 0.25) is 10.0 Å². The smallest absolute Gasteiger partial charge is 0.242 e. The van der Waals surface area contributed by atoms with Crippen LogP contribution in [0.5, 0.6) is 0 Å². The summed E-state index contributed by atoms with van der Waals surface area (Å²) >= 11 is 6.15. The molecule has 1 aliphatic rings. The van der Waals surface area contributed by atoms with E-state index in [0.717, 1.165) is 24.2 Å². The third-order valence-electron chi connectivity index (χ3n) is 4.51.